The lowest BCUT2D eigenvalue weighted by Crippen LogP contribution is -3.00. The van der Waals surface area contributed by atoms with E-state index in [-0.39, 0.29) is 46.6 Å². The molecule has 3 aliphatic rings. The van der Waals surface area contributed by atoms with Gasteiger partial charge in [-0.05, 0) is 49.6 Å². The monoisotopic (exact) mass is 992 g/mol. The van der Waals surface area contributed by atoms with Crippen LogP contribution < -0.4 is 20.7 Å². The third-order valence-corrected chi connectivity index (χ3v) is 12.0. The van der Waals surface area contributed by atoms with Gasteiger partial charge in [-0.2, -0.15) is 37.0 Å². The average molecular weight is 993 g/mol. The molecule has 1 fully saturated rings. The first-order valence-corrected chi connectivity index (χ1v) is 24.8. The Morgan fingerprint density at radius 3 is 1.46 bits per heavy atom. The lowest BCUT2D eigenvalue weighted by atomic mass is 10.0. The Morgan fingerprint density at radius 2 is 1.03 bits per heavy atom. The van der Waals surface area contributed by atoms with Crippen molar-refractivity contribution in [1.82, 2.24) is 16.0 Å². The van der Waals surface area contributed by atoms with Gasteiger partial charge in [0.15, 0.2) is 0 Å². The number of piperazine rings is 1. The average Bonchev–Trinajstić information content (AvgIpc) is 3.31. The van der Waals surface area contributed by atoms with Crippen LogP contribution in [0.2, 0.25) is 0 Å². The molecule has 6 atom stereocenters. The van der Waals surface area contributed by atoms with Crippen molar-refractivity contribution >= 4 is 79.6 Å². The number of nitrogens with zero attached hydrogens (tertiary/aromatic N) is 3. The minimum Gasteiger partial charge on any atom is -1.00 e. The van der Waals surface area contributed by atoms with Gasteiger partial charge in [0.25, 0.3) is 0 Å². The SMILES string of the molecule is CCOC1=N[C@H](Cc2ccccc2)C(C)=N[C@H]1CS.CCSC[C@@H]1N=C(C)[C@@H](Cc2ccccc2)NC1=O.CC[O+](CC)CC.FB(F)F.O=C1N[C@H](Cc2ccccc2)C(=O)N[C@H]1CS.[F-]. The molecule has 67 heavy (non-hydrogen) atoms. The largest absolute Gasteiger partial charge is 1.00 e. The molecule has 0 spiro atoms. The first-order valence-electron chi connectivity index (χ1n) is 22.4. The van der Waals surface area contributed by atoms with E-state index in [1.54, 1.807) is 11.8 Å². The Hall–Kier alpha value is -4.33. The highest BCUT2D eigenvalue weighted by molar-refractivity contribution is 7.99. The van der Waals surface area contributed by atoms with E-state index in [2.05, 4.69) is 108 Å². The van der Waals surface area contributed by atoms with Gasteiger partial charge in [-0.3, -0.25) is 37.3 Å². The van der Waals surface area contributed by atoms with Crippen LogP contribution in [0.3, 0.4) is 0 Å². The summed E-state index contributed by atoms with van der Waals surface area (Å²) in [5.41, 5.74) is 5.61. The zero-order valence-electron chi connectivity index (χ0n) is 39.7. The second-order valence-corrected chi connectivity index (χ2v) is 17.0. The van der Waals surface area contributed by atoms with E-state index < -0.39 is 19.6 Å². The summed E-state index contributed by atoms with van der Waals surface area (Å²) >= 11 is 10.1. The Balaban J connectivity index is 0.000000449. The lowest BCUT2D eigenvalue weighted by Gasteiger charge is -2.28. The van der Waals surface area contributed by atoms with Crippen LogP contribution in [0.15, 0.2) is 106 Å². The molecule has 3 N–H and O–H groups in total. The third kappa shape index (κ3) is 23.5. The third-order valence-electron chi connectivity index (χ3n) is 10.3. The van der Waals surface area contributed by atoms with Crippen molar-refractivity contribution in [1.29, 1.82) is 0 Å². The number of carbonyl (C=O) groups excluding carboxylic acids is 3. The molecule has 11 nitrogen and oxygen atoms in total. The van der Waals surface area contributed by atoms with E-state index in [9.17, 15) is 27.3 Å². The fourth-order valence-corrected chi connectivity index (χ4v) is 7.90. The van der Waals surface area contributed by atoms with Crippen LogP contribution >= 0.6 is 37.0 Å². The molecule has 0 unspecified atom stereocenters. The predicted molar refractivity (Wildman–Crippen MR) is 275 cm³/mol. The van der Waals surface area contributed by atoms with Gasteiger partial charge in [-0.25, -0.2) is 4.99 Å². The summed E-state index contributed by atoms with van der Waals surface area (Å²) < 4.78 is 37.7. The van der Waals surface area contributed by atoms with Gasteiger partial charge < -0.3 is 29.8 Å². The number of hydrogen-bond donors (Lipinski definition) is 5. The molecule has 0 aromatic heterocycles. The predicted octanol–water partition coefficient (Wildman–Crippen LogP) is 4.74. The van der Waals surface area contributed by atoms with Gasteiger partial charge in [0.05, 0.1) is 18.7 Å². The smallest absolute Gasteiger partial charge is 0.762 e. The Kier molecular flexibility index (Phi) is 31.6. The number of benzene rings is 3. The fraction of sp³-hybridized carbons (Fsp3) is 0.500. The molecule has 0 saturated carbocycles. The minimum atomic E-state index is -3.67. The van der Waals surface area contributed by atoms with Gasteiger partial charge in [0.2, 0.25) is 23.6 Å². The molecule has 370 valence electrons. The van der Waals surface area contributed by atoms with Crippen LogP contribution in [0.25, 0.3) is 0 Å². The summed E-state index contributed by atoms with van der Waals surface area (Å²) in [5.74, 6) is 3.22. The number of nitrogens with one attached hydrogen (secondary N) is 3. The molecule has 3 heterocycles. The van der Waals surface area contributed by atoms with Gasteiger partial charge in [0, 0.05) is 62.3 Å². The quantitative estimate of drug-likeness (QED) is 0.0650. The second-order valence-electron chi connectivity index (χ2n) is 15.0. The molecule has 3 aromatic rings. The number of aliphatic imine (C=N–C) groups is 3. The van der Waals surface area contributed by atoms with E-state index in [0.29, 0.717) is 24.5 Å². The maximum atomic E-state index is 12.0. The number of halogens is 4. The summed E-state index contributed by atoms with van der Waals surface area (Å²) in [6, 6.07) is 29.1. The molecule has 0 bridgehead atoms. The highest BCUT2D eigenvalue weighted by atomic mass is 32.2. The zero-order valence-corrected chi connectivity index (χ0v) is 42.3. The van der Waals surface area contributed by atoms with Crippen LogP contribution in [-0.2, 0) is 42.8 Å². The highest BCUT2D eigenvalue weighted by Gasteiger charge is 2.33. The highest BCUT2D eigenvalue weighted by Crippen LogP contribution is 2.17. The topological polar surface area (TPSA) is 136 Å². The number of amides is 3. The number of rotatable bonds is 15. The zero-order chi connectivity index (χ0) is 48.9. The second kappa shape index (κ2) is 34.9. The Bertz CT molecular complexity index is 1930. The summed E-state index contributed by atoms with van der Waals surface area (Å²) in [4.78, 5) is 49.3. The van der Waals surface area contributed by atoms with E-state index in [1.165, 1.54) is 11.1 Å². The van der Waals surface area contributed by atoms with Crippen LogP contribution in [-0.4, -0.2) is 128 Å². The number of ether oxygens (including phenoxy) is 1. The van der Waals surface area contributed by atoms with Crippen molar-refractivity contribution in [2.24, 2.45) is 15.0 Å². The number of carbonyl (C=O) groups is 3. The van der Waals surface area contributed by atoms with E-state index in [0.717, 1.165) is 67.1 Å². The first kappa shape index (κ1) is 60.7. The lowest BCUT2D eigenvalue weighted by molar-refractivity contribution is -0.136. The molecule has 3 amide bonds. The van der Waals surface area contributed by atoms with Gasteiger partial charge >= 0.3 is 7.54 Å². The Labute approximate surface area is 410 Å². The minimum absolute atomic E-state index is 0. The van der Waals surface area contributed by atoms with Crippen LogP contribution in [0.1, 0.15) is 65.2 Å². The van der Waals surface area contributed by atoms with E-state index in [1.807, 2.05) is 87.5 Å². The Morgan fingerprint density at radius 1 is 0.597 bits per heavy atom. The molecule has 6 rings (SSSR count). The van der Waals surface area contributed by atoms with Crippen LogP contribution in [0.5, 0.6) is 0 Å². The van der Waals surface area contributed by atoms with Gasteiger partial charge in [-0.1, -0.05) is 97.9 Å². The van der Waals surface area contributed by atoms with Crippen molar-refractivity contribution in [3.8, 4) is 0 Å². The standard InChI is InChI=1S/2C15H20N2OS.C12H14N2O2S.C6H15O.BF3.FH/c1-3-19-10-14-15(18)17-13(11(2)16-14)9-12-7-5-4-6-8-12;1-3-18-15-14(10-19)16-11(2)13(17-15)9-12-7-5-4-6-8-12;15-11-9(6-8-4-2-1-3-5-8)13-12(16)10(7-17)14-11;1-4-7(5-2)6-3;2-1(3)4;/h4-8,13-14H,3,9-10H2,1-2H3,(H,17,18);4-8,13-14,19H,3,9-10H2,1-2H3;1-5,9-10,17H,6-7H2,(H,13,16)(H,14,15);4-6H2,1-3H3;;1H/q;;;+1;;/p-1/t2*13-,14+;9-,10+;;;/m111.../s1. The van der Waals surface area contributed by atoms with E-state index in [4.69, 9.17) is 9.73 Å². The molecule has 19 heteroatoms. The van der Waals surface area contributed by atoms with Crippen molar-refractivity contribution in [2.45, 2.75) is 104 Å². The number of thioether (sulfide) groups is 1. The van der Waals surface area contributed by atoms with Crippen molar-refractivity contribution in [3.63, 3.8) is 0 Å². The summed E-state index contributed by atoms with van der Waals surface area (Å²) in [6.45, 7) is 18.5. The molecule has 1 saturated heterocycles. The summed E-state index contributed by atoms with van der Waals surface area (Å²) in [7, 11) is -3.67. The van der Waals surface area contributed by atoms with Gasteiger partial charge in [-0.15, -0.1) is 0 Å². The van der Waals surface area contributed by atoms with Crippen molar-refractivity contribution in [3.05, 3.63) is 108 Å². The van der Waals surface area contributed by atoms with Crippen molar-refractivity contribution < 1.29 is 41.1 Å². The molecule has 0 radical (unpaired) electrons. The van der Waals surface area contributed by atoms with Crippen molar-refractivity contribution in [2.75, 3.05) is 49.4 Å². The fourth-order valence-electron chi connectivity index (χ4n) is 6.72. The summed E-state index contributed by atoms with van der Waals surface area (Å²) in [5, 5.41) is 8.47. The first-order chi connectivity index (χ1) is 31.7. The van der Waals surface area contributed by atoms with Crippen LogP contribution in [0.4, 0.5) is 12.9 Å². The van der Waals surface area contributed by atoms with Crippen LogP contribution in [0, 0.1) is 0 Å². The number of thiol groups is 2. The van der Waals surface area contributed by atoms with Gasteiger partial charge in [0.1, 0.15) is 44.0 Å². The normalized spacial score (nSPS) is 20.5. The van der Waals surface area contributed by atoms with E-state index >= 15 is 0 Å². The number of hydrogen-bond acceptors (Lipinski definition) is 10. The maximum Gasteiger partial charge on any atom is 0.762 e. The molecular formula is C48H69BF4N6O5S3. The molecular weight excluding hydrogens is 924 g/mol. The summed E-state index contributed by atoms with van der Waals surface area (Å²) in [6.07, 6.45) is 2.19. The molecule has 3 aliphatic heterocycles. The maximum absolute atomic E-state index is 12.0. The molecule has 0 aliphatic carbocycles. The molecule has 3 aromatic carbocycles.